The molecule has 3 aromatic rings. The van der Waals surface area contributed by atoms with Crippen LogP contribution in [0.3, 0.4) is 0 Å². The lowest BCUT2D eigenvalue weighted by molar-refractivity contribution is -0.136. The third-order valence-corrected chi connectivity index (χ3v) is 4.71. The Bertz CT molecular complexity index is 1000. The Kier molecular flexibility index (Phi) is 4.74. The van der Waals surface area contributed by atoms with Gasteiger partial charge in [-0.05, 0) is 55.0 Å². The third kappa shape index (κ3) is 3.18. The number of nitrogens with zero attached hydrogens (tertiary/aromatic N) is 2. The second-order valence-corrected chi connectivity index (χ2v) is 6.81. The van der Waals surface area contributed by atoms with Gasteiger partial charge in [0, 0.05) is 41.4 Å². The molecule has 0 unspecified atom stereocenters. The first-order chi connectivity index (χ1) is 12.3. The largest absolute Gasteiger partial charge is 0.481 e. The number of anilines is 1. The van der Waals surface area contributed by atoms with Crippen molar-refractivity contribution >= 4 is 40.1 Å². The van der Waals surface area contributed by atoms with Crippen LogP contribution in [0.25, 0.3) is 10.9 Å². The van der Waals surface area contributed by atoms with E-state index in [2.05, 4.69) is 0 Å². The lowest BCUT2D eigenvalue weighted by Gasteiger charge is -2.13. The summed E-state index contributed by atoms with van der Waals surface area (Å²) in [6, 6.07) is 12.4. The van der Waals surface area contributed by atoms with Gasteiger partial charge in [-0.25, -0.2) is 0 Å². The van der Waals surface area contributed by atoms with Gasteiger partial charge in [0.1, 0.15) is 0 Å². The molecular weight excluding hydrogens is 352 g/mol. The molecule has 3 rings (SSSR count). The fourth-order valence-electron chi connectivity index (χ4n) is 3.11. The van der Waals surface area contributed by atoms with Crippen molar-refractivity contribution in [2.45, 2.75) is 13.3 Å². The maximum Gasteiger partial charge on any atom is 0.307 e. The molecule has 2 aromatic carbocycles. The zero-order valence-electron chi connectivity index (χ0n) is 14.8. The van der Waals surface area contributed by atoms with Crippen molar-refractivity contribution in [3.8, 4) is 0 Å². The summed E-state index contributed by atoms with van der Waals surface area (Å²) >= 11 is 5.91. The summed E-state index contributed by atoms with van der Waals surface area (Å²) in [5.41, 5.74) is 3.43. The number of carboxylic acids is 1. The van der Waals surface area contributed by atoms with Crippen molar-refractivity contribution in [3.63, 3.8) is 0 Å². The Hall–Kier alpha value is -2.79. The van der Waals surface area contributed by atoms with Gasteiger partial charge in [-0.2, -0.15) is 0 Å². The van der Waals surface area contributed by atoms with Gasteiger partial charge in [-0.15, -0.1) is 0 Å². The van der Waals surface area contributed by atoms with Crippen molar-refractivity contribution in [1.82, 2.24) is 4.57 Å². The van der Waals surface area contributed by atoms with Crippen LogP contribution in [-0.2, 0) is 11.2 Å². The van der Waals surface area contributed by atoms with Crippen LogP contribution in [0, 0.1) is 6.92 Å². The first kappa shape index (κ1) is 18.0. The van der Waals surface area contributed by atoms with Crippen molar-refractivity contribution < 1.29 is 14.7 Å². The van der Waals surface area contributed by atoms with E-state index in [1.807, 2.05) is 37.2 Å². The highest BCUT2D eigenvalue weighted by Gasteiger charge is 2.21. The molecule has 0 fully saturated rings. The quantitative estimate of drug-likeness (QED) is 0.754. The molecular formula is C20H19ClN2O3. The van der Waals surface area contributed by atoms with Gasteiger partial charge in [0.15, 0.2) is 0 Å². The number of carbonyl (C=O) groups excluding carboxylic acids is 1. The fraction of sp³-hybridized carbons (Fsp3) is 0.200. The molecule has 134 valence electrons. The normalized spacial score (nSPS) is 10.9. The summed E-state index contributed by atoms with van der Waals surface area (Å²) in [5.74, 6) is -1.14. The molecule has 0 amide bonds. The zero-order valence-corrected chi connectivity index (χ0v) is 15.5. The number of benzene rings is 2. The summed E-state index contributed by atoms with van der Waals surface area (Å²) < 4.78 is 1.58. The minimum atomic E-state index is -0.929. The third-order valence-electron chi connectivity index (χ3n) is 4.46. The van der Waals surface area contributed by atoms with Crippen LogP contribution in [0.1, 0.15) is 21.6 Å². The smallest absolute Gasteiger partial charge is 0.307 e. The maximum atomic E-state index is 13.1. The van der Waals surface area contributed by atoms with Crippen molar-refractivity contribution in [2.24, 2.45) is 0 Å². The molecule has 6 heteroatoms. The van der Waals surface area contributed by atoms with Crippen molar-refractivity contribution in [3.05, 3.63) is 64.3 Å². The molecule has 0 aliphatic rings. The SMILES string of the molecule is Cc1c(CC(=O)O)c2cc(N(C)C)ccc2n1C(=O)c1ccc(Cl)cc1. The molecule has 1 aromatic heterocycles. The van der Waals surface area contributed by atoms with E-state index in [0.29, 0.717) is 27.4 Å². The van der Waals surface area contributed by atoms with Gasteiger partial charge in [0.05, 0.1) is 11.9 Å². The molecule has 1 N–H and O–H groups in total. The predicted octanol–water partition coefficient (Wildman–Crippen LogP) is 3.98. The Morgan fingerprint density at radius 2 is 1.77 bits per heavy atom. The molecule has 26 heavy (non-hydrogen) atoms. The molecule has 0 aliphatic heterocycles. The van der Waals surface area contributed by atoms with Gasteiger partial charge in [0.2, 0.25) is 0 Å². The van der Waals surface area contributed by atoms with Crippen LogP contribution in [-0.4, -0.2) is 35.6 Å². The summed E-state index contributed by atoms with van der Waals surface area (Å²) in [6.07, 6.45) is -0.139. The minimum absolute atomic E-state index is 0.139. The van der Waals surface area contributed by atoms with Crippen LogP contribution < -0.4 is 4.90 Å². The molecule has 0 atom stereocenters. The highest BCUT2D eigenvalue weighted by atomic mass is 35.5. The summed E-state index contributed by atoms with van der Waals surface area (Å²) in [7, 11) is 3.83. The lowest BCUT2D eigenvalue weighted by atomic mass is 10.1. The van der Waals surface area contributed by atoms with Gasteiger partial charge >= 0.3 is 5.97 Å². The lowest BCUT2D eigenvalue weighted by Crippen LogP contribution is -2.14. The van der Waals surface area contributed by atoms with Crippen LogP contribution >= 0.6 is 11.6 Å². The average molecular weight is 371 g/mol. The maximum absolute atomic E-state index is 13.1. The molecule has 0 bridgehead atoms. The topological polar surface area (TPSA) is 62.5 Å². The first-order valence-electron chi connectivity index (χ1n) is 8.13. The van der Waals surface area contributed by atoms with Crippen LogP contribution in [0.15, 0.2) is 42.5 Å². The number of halogens is 1. The fourth-order valence-corrected chi connectivity index (χ4v) is 3.23. The van der Waals surface area contributed by atoms with E-state index in [1.165, 1.54) is 0 Å². The molecule has 0 spiro atoms. The number of fused-ring (bicyclic) bond motifs is 1. The molecule has 5 nitrogen and oxygen atoms in total. The number of rotatable bonds is 4. The van der Waals surface area contributed by atoms with E-state index < -0.39 is 5.97 Å². The van der Waals surface area contributed by atoms with E-state index in [9.17, 15) is 14.7 Å². The number of hydrogen-bond acceptors (Lipinski definition) is 3. The molecule has 0 saturated carbocycles. The second-order valence-electron chi connectivity index (χ2n) is 6.38. The Morgan fingerprint density at radius 3 is 2.35 bits per heavy atom. The number of aliphatic carboxylic acids is 1. The first-order valence-corrected chi connectivity index (χ1v) is 8.50. The van der Waals surface area contributed by atoms with Gasteiger partial charge in [-0.3, -0.25) is 14.2 Å². The monoisotopic (exact) mass is 370 g/mol. The van der Waals surface area contributed by atoms with E-state index in [0.717, 1.165) is 11.1 Å². The predicted molar refractivity (Wildman–Crippen MR) is 104 cm³/mol. The van der Waals surface area contributed by atoms with E-state index >= 15 is 0 Å². The highest BCUT2D eigenvalue weighted by molar-refractivity contribution is 6.30. The van der Waals surface area contributed by atoms with Gasteiger partial charge in [-0.1, -0.05) is 11.6 Å². The highest BCUT2D eigenvalue weighted by Crippen LogP contribution is 2.30. The number of aromatic nitrogens is 1. The van der Waals surface area contributed by atoms with Crippen LogP contribution in [0.5, 0.6) is 0 Å². The van der Waals surface area contributed by atoms with E-state index in [4.69, 9.17) is 11.6 Å². The number of carbonyl (C=O) groups is 2. The Balaban J connectivity index is 2.24. The van der Waals surface area contributed by atoms with Gasteiger partial charge < -0.3 is 10.0 Å². The van der Waals surface area contributed by atoms with Crippen molar-refractivity contribution in [2.75, 3.05) is 19.0 Å². The molecule has 0 saturated heterocycles. The van der Waals surface area contributed by atoms with E-state index in [-0.39, 0.29) is 12.3 Å². The molecule has 0 radical (unpaired) electrons. The molecule has 1 heterocycles. The number of hydrogen-bond donors (Lipinski definition) is 1. The Morgan fingerprint density at radius 1 is 1.12 bits per heavy atom. The zero-order chi connectivity index (χ0) is 19.0. The summed E-state index contributed by atoms with van der Waals surface area (Å²) in [6.45, 7) is 1.78. The summed E-state index contributed by atoms with van der Waals surface area (Å²) in [4.78, 5) is 26.4. The molecule has 0 aliphatic carbocycles. The van der Waals surface area contributed by atoms with E-state index in [1.54, 1.807) is 35.8 Å². The number of carboxylic acid groups (broad SMARTS) is 1. The van der Waals surface area contributed by atoms with Crippen molar-refractivity contribution in [1.29, 1.82) is 0 Å². The Labute approximate surface area is 156 Å². The summed E-state index contributed by atoms with van der Waals surface area (Å²) in [5, 5.41) is 10.6. The second kappa shape index (κ2) is 6.84. The van der Waals surface area contributed by atoms with Crippen LogP contribution in [0.4, 0.5) is 5.69 Å². The van der Waals surface area contributed by atoms with Gasteiger partial charge in [0.25, 0.3) is 5.91 Å². The minimum Gasteiger partial charge on any atom is -0.481 e. The van der Waals surface area contributed by atoms with Crippen LogP contribution in [0.2, 0.25) is 5.02 Å². The average Bonchev–Trinajstić information content (AvgIpc) is 2.86. The standard InChI is InChI=1S/C20H19ClN2O3/c1-12-16(11-19(24)25)17-10-15(22(2)3)8-9-18(17)23(12)20(26)13-4-6-14(21)7-5-13/h4-10H,11H2,1-3H3,(H,24,25).